The Morgan fingerprint density at radius 2 is 1.82 bits per heavy atom. The summed E-state index contributed by atoms with van der Waals surface area (Å²) in [7, 11) is -3.15. The van der Waals surface area contributed by atoms with Crippen LogP contribution in [0.2, 0.25) is 0 Å². The van der Waals surface area contributed by atoms with Crippen molar-refractivity contribution < 1.29 is 27.6 Å². The zero-order valence-electron chi connectivity index (χ0n) is 18.1. The number of fused-ring (bicyclic) bond motifs is 1. The summed E-state index contributed by atoms with van der Waals surface area (Å²) in [5.74, 6) is -1.98. The molecule has 1 aromatic rings. The number of imide groups is 2. The van der Waals surface area contributed by atoms with E-state index in [1.54, 1.807) is 18.2 Å². The van der Waals surface area contributed by atoms with E-state index in [9.17, 15) is 27.6 Å². The lowest BCUT2D eigenvalue weighted by Gasteiger charge is -2.49. The molecule has 4 heterocycles. The van der Waals surface area contributed by atoms with Crippen LogP contribution in [0.25, 0.3) is 0 Å². The van der Waals surface area contributed by atoms with E-state index >= 15 is 0 Å². The molecule has 176 valence electrons. The van der Waals surface area contributed by atoms with Gasteiger partial charge in [0.2, 0.25) is 11.8 Å². The van der Waals surface area contributed by atoms with E-state index in [1.165, 1.54) is 0 Å². The van der Waals surface area contributed by atoms with Crippen LogP contribution >= 0.6 is 0 Å². The Hall–Kier alpha value is -2.63. The molecular formula is C22H26N4O6S. The molecule has 1 aromatic carbocycles. The van der Waals surface area contributed by atoms with Crippen LogP contribution in [-0.2, 0) is 26.0 Å². The third kappa shape index (κ3) is 3.77. The Morgan fingerprint density at radius 3 is 2.55 bits per heavy atom. The highest BCUT2D eigenvalue weighted by Crippen LogP contribution is 2.36. The fraction of sp³-hybridized carbons (Fsp3) is 0.545. The summed E-state index contributed by atoms with van der Waals surface area (Å²) >= 11 is 0. The van der Waals surface area contributed by atoms with Gasteiger partial charge in [-0.3, -0.25) is 34.3 Å². The Morgan fingerprint density at radius 1 is 1.06 bits per heavy atom. The average Bonchev–Trinajstić information content (AvgIpc) is 3.02. The van der Waals surface area contributed by atoms with Crippen LogP contribution in [0.5, 0.6) is 0 Å². The maximum absolute atomic E-state index is 13.4. The van der Waals surface area contributed by atoms with E-state index in [-0.39, 0.29) is 35.5 Å². The molecule has 4 aliphatic rings. The molecule has 1 atom stereocenters. The van der Waals surface area contributed by atoms with Crippen molar-refractivity contribution in [1.29, 1.82) is 0 Å². The number of hydrogen-bond donors (Lipinski definition) is 2. The first kappa shape index (κ1) is 22.2. The third-order valence-electron chi connectivity index (χ3n) is 7.28. The van der Waals surface area contributed by atoms with Crippen molar-refractivity contribution in [3.05, 3.63) is 34.9 Å². The standard InChI is InChI=1S/C22H26N4O6S/c27-17-5-4-16(19(28)24-17)26-20(29)15-3-1-2-14(18(15)21(26)30)12-25-10-11-33(31,32)13-22(25)6-8-23-9-7-22/h1-3,16,23H,4-13H2,(H,24,27,28). The Labute approximate surface area is 191 Å². The molecule has 4 amide bonds. The summed E-state index contributed by atoms with van der Waals surface area (Å²) < 4.78 is 24.9. The Balaban J connectivity index is 1.46. The predicted octanol–water partition coefficient (Wildman–Crippen LogP) is -0.560. The smallest absolute Gasteiger partial charge is 0.262 e. The molecule has 1 spiro atoms. The first-order valence-electron chi connectivity index (χ1n) is 11.2. The fourth-order valence-electron chi connectivity index (χ4n) is 5.58. The van der Waals surface area contributed by atoms with Crippen molar-refractivity contribution >= 4 is 33.5 Å². The summed E-state index contributed by atoms with van der Waals surface area (Å²) in [6.45, 7) is 2.16. The van der Waals surface area contributed by atoms with Gasteiger partial charge in [0.25, 0.3) is 11.8 Å². The van der Waals surface area contributed by atoms with Crippen LogP contribution in [0, 0.1) is 0 Å². The summed E-state index contributed by atoms with van der Waals surface area (Å²) in [4.78, 5) is 53.5. The van der Waals surface area contributed by atoms with Crippen LogP contribution < -0.4 is 10.6 Å². The second-order valence-corrected chi connectivity index (χ2v) is 11.5. The lowest BCUT2D eigenvalue weighted by molar-refractivity contribution is -0.136. The molecular weight excluding hydrogens is 448 g/mol. The first-order chi connectivity index (χ1) is 15.7. The lowest BCUT2D eigenvalue weighted by atomic mass is 9.87. The average molecular weight is 475 g/mol. The molecule has 0 aromatic heterocycles. The molecule has 4 aliphatic heterocycles. The van der Waals surface area contributed by atoms with Gasteiger partial charge in [0.05, 0.1) is 22.6 Å². The highest BCUT2D eigenvalue weighted by atomic mass is 32.2. The number of rotatable bonds is 3. The number of sulfone groups is 1. The van der Waals surface area contributed by atoms with Crippen LogP contribution in [0.1, 0.15) is 52.0 Å². The maximum Gasteiger partial charge on any atom is 0.262 e. The second kappa shape index (κ2) is 8.00. The van der Waals surface area contributed by atoms with Crippen LogP contribution in [-0.4, -0.2) is 84.6 Å². The number of nitrogens with one attached hydrogen (secondary N) is 2. The topological polar surface area (TPSA) is 133 Å². The number of benzene rings is 1. The zero-order valence-corrected chi connectivity index (χ0v) is 18.9. The highest BCUT2D eigenvalue weighted by molar-refractivity contribution is 7.91. The summed E-state index contributed by atoms with van der Waals surface area (Å²) in [6.07, 6.45) is 1.55. The Kier molecular flexibility index (Phi) is 5.37. The van der Waals surface area contributed by atoms with E-state index < -0.39 is 45.0 Å². The lowest BCUT2D eigenvalue weighted by Crippen LogP contribution is -2.62. The van der Waals surface area contributed by atoms with Gasteiger partial charge in [0.1, 0.15) is 6.04 Å². The summed E-state index contributed by atoms with van der Waals surface area (Å²) in [6, 6.07) is 4.06. The first-order valence-corrected chi connectivity index (χ1v) is 13.0. The molecule has 11 heteroatoms. The largest absolute Gasteiger partial charge is 0.317 e. The van der Waals surface area contributed by atoms with Crippen molar-refractivity contribution in [2.24, 2.45) is 0 Å². The number of piperidine rings is 2. The van der Waals surface area contributed by atoms with Gasteiger partial charge < -0.3 is 5.32 Å². The summed E-state index contributed by atoms with van der Waals surface area (Å²) in [5.41, 5.74) is 0.661. The molecule has 0 aliphatic carbocycles. The molecule has 2 N–H and O–H groups in total. The number of amides is 4. The zero-order chi connectivity index (χ0) is 23.4. The number of hydrogen-bond acceptors (Lipinski definition) is 8. The van der Waals surface area contributed by atoms with Crippen molar-refractivity contribution in [2.45, 2.75) is 43.8 Å². The molecule has 1 unspecified atom stereocenters. The SMILES string of the molecule is O=C1CCC(N2C(=O)c3cccc(CN4CCS(=O)(=O)CC45CCNCC5)c3C2=O)C(=O)N1. The van der Waals surface area contributed by atoms with Gasteiger partial charge in [-0.2, -0.15) is 0 Å². The quantitative estimate of drug-likeness (QED) is 0.557. The van der Waals surface area contributed by atoms with Gasteiger partial charge in [0.15, 0.2) is 9.84 Å². The number of carbonyl (C=O) groups excluding carboxylic acids is 4. The minimum absolute atomic E-state index is 0.0620. The van der Waals surface area contributed by atoms with Crippen LogP contribution in [0.15, 0.2) is 18.2 Å². The normalized spacial score (nSPS) is 27.0. The van der Waals surface area contributed by atoms with Gasteiger partial charge in [-0.15, -0.1) is 0 Å². The Bertz CT molecular complexity index is 1160. The summed E-state index contributed by atoms with van der Waals surface area (Å²) in [5, 5.41) is 5.49. The molecule has 0 radical (unpaired) electrons. The number of nitrogens with zero attached hydrogens (tertiary/aromatic N) is 2. The van der Waals surface area contributed by atoms with Crippen LogP contribution in [0.3, 0.4) is 0 Å². The molecule has 0 bridgehead atoms. The fourth-order valence-corrected chi connectivity index (χ4v) is 7.51. The molecule has 33 heavy (non-hydrogen) atoms. The van der Waals surface area contributed by atoms with E-state index in [1.807, 2.05) is 0 Å². The van der Waals surface area contributed by atoms with Crippen molar-refractivity contribution in [3.63, 3.8) is 0 Å². The van der Waals surface area contributed by atoms with Crippen molar-refractivity contribution in [3.8, 4) is 0 Å². The van der Waals surface area contributed by atoms with Gasteiger partial charge >= 0.3 is 0 Å². The number of carbonyl (C=O) groups is 4. The van der Waals surface area contributed by atoms with Crippen molar-refractivity contribution in [2.75, 3.05) is 31.1 Å². The minimum atomic E-state index is -3.15. The monoisotopic (exact) mass is 474 g/mol. The van der Waals surface area contributed by atoms with Gasteiger partial charge in [0, 0.05) is 25.0 Å². The van der Waals surface area contributed by atoms with E-state index in [2.05, 4.69) is 15.5 Å². The predicted molar refractivity (Wildman–Crippen MR) is 117 cm³/mol. The second-order valence-electron chi connectivity index (χ2n) is 9.27. The van der Waals surface area contributed by atoms with Crippen LogP contribution in [0.4, 0.5) is 0 Å². The van der Waals surface area contributed by atoms with E-state index in [0.717, 1.165) is 18.0 Å². The van der Waals surface area contributed by atoms with Gasteiger partial charge in [-0.05, 0) is 44.0 Å². The van der Waals surface area contributed by atoms with Gasteiger partial charge in [-0.25, -0.2) is 8.42 Å². The minimum Gasteiger partial charge on any atom is -0.317 e. The van der Waals surface area contributed by atoms with Crippen molar-refractivity contribution in [1.82, 2.24) is 20.4 Å². The molecule has 3 saturated heterocycles. The molecule has 10 nitrogen and oxygen atoms in total. The highest BCUT2D eigenvalue weighted by Gasteiger charge is 2.48. The third-order valence-corrected chi connectivity index (χ3v) is 9.06. The van der Waals surface area contributed by atoms with E-state index in [4.69, 9.17) is 0 Å². The molecule has 0 saturated carbocycles. The molecule has 5 rings (SSSR count). The maximum atomic E-state index is 13.4. The molecule has 3 fully saturated rings. The van der Waals surface area contributed by atoms with Gasteiger partial charge in [-0.1, -0.05) is 12.1 Å². The van der Waals surface area contributed by atoms with E-state index in [0.29, 0.717) is 31.5 Å².